The van der Waals surface area contributed by atoms with Gasteiger partial charge in [0.25, 0.3) is 5.91 Å². The Morgan fingerprint density at radius 3 is 2.74 bits per heavy atom. The average Bonchev–Trinajstić information content (AvgIpc) is 2.98. The molecule has 6 nitrogen and oxygen atoms in total. The van der Waals surface area contributed by atoms with Crippen molar-refractivity contribution in [3.8, 4) is 5.88 Å². The monoisotopic (exact) mass is 379 g/mol. The first-order chi connectivity index (χ1) is 11.1. The van der Waals surface area contributed by atoms with Gasteiger partial charge in [-0.2, -0.15) is 0 Å². The first-order valence-corrected chi connectivity index (χ1v) is 8.27. The number of anilines is 1. The van der Waals surface area contributed by atoms with Crippen molar-refractivity contribution in [2.75, 3.05) is 25.5 Å². The number of carbonyl (C=O) groups excluding carboxylic acids is 1. The summed E-state index contributed by atoms with van der Waals surface area (Å²) in [4.78, 5) is 18.5. The van der Waals surface area contributed by atoms with Crippen molar-refractivity contribution < 1.29 is 13.9 Å². The molecule has 1 N–H and O–H groups in total. The lowest BCUT2D eigenvalue weighted by atomic mass is 10.1. The van der Waals surface area contributed by atoms with Gasteiger partial charge in [0.15, 0.2) is 10.4 Å². The highest BCUT2D eigenvalue weighted by atomic mass is 79.9. The van der Waals surface area contributed by atoms with Gasteiger partial charge in [-0.1, -0.05) is 0 Å². The first kappa shape index (κ1) is 16.0. The standard InChI is InChI=1S/C16H18BrN3O3/c1-20-8-6-12(7-9-20)22-15-5-2-11(10-18-15)19-16(21)13-3-4-14(17)23-13/h2-5,10,12H,6-9H2,1H3,(H,19,21). The number of halogens is 1. The second kappa shape index (κ2) is 7.14. The minimum absolute atomic E-state index is 0.208. The predicted octanol–water partition coefficient (Wildman–Crippen LogP) is 3.16. The average molecular weight is 380 g/mol. The van der Waals surface area contributed by atoms with Crippen LogP contribution in [0.4, 0.5) is 5.69 Å². The van der Waals surface area contributed by atoms with E-state index in [1.54, 1.807) is 30.5 Å². The zero-order valence-corrected chi connectivity index (χ0v) is 14.4. The fourth-order valence-electron chi connectivity index (χ4n) is 2.43. The van der Waals surface area contributed by atoms with E-state index in [9.17, 15) is 4.79 Å². The fourth-order valence-corrected chi connectivity index (χ4v) is 2.73. The molecule has 0 saturated carbocycles. The molecule has 3 rings (SSSR count). The van der Waals surface area contributed by atoms with E-state index >= 15 is 0 Å². The molecule has 1 aliphatic rings. The van der Waals surface area contributed by atoms with Crippen LogP contribution in [0.2, 0.25) is 0 Å². The van der Waals surface area contributed by atoms with Crippen LogP contribution in [0.15, 0.2) is 39.5 Å². The summed E-state index contributed by atoms with van der Waals surface area (Å²) in [5.74, 6) is 0.503. The summed E-state index contributed by atoms with van der Waals surface area (Å²) in [6.45, 7) is 2.08. The smallest absolute Gasteiger partial charge is 0.291 e. The van der Waals surface area contributed by atoms with Gasteiger partial charge >= 0.3 is 0 Å². The molecule has 0 aliphatic carbocycles. The molecule has 1 amide bonds. The molecule has 0 unspecified atom stereocenters. The van der Waals surface area contributed by atoms with Crippen molar-refractivity contribution in [1.29, 1.82) is 0 Å². The van der Waals surface area contributed by atoms with Crippen LogP contribution in [0.5, 0.6) is 5.88 Å². The molecule has 2 aromatic heterocycles. The summed E-state index contributed by atoms with van der Waals surface area (Å²) in [7, 11) is 2.11. The zero-order valence-electron chi connectivity index (χ0n) is 12.8. The minimum Gasteiger partial charge on any atom is -0.474 e. The number of piperidine rings is 1. The third kappa shape index (κ3) is 4.33. The number of nitrogens with one attached hydrogen (secondary N) is 1. The lowest BCUT2D eigenvalue weighted by Crippen LogP contribution is -2.35. The molecule has 23 heavy (non-hydrogen) atoms. The SMILES string of the molecule is CN1CCC(Oc2ccc(NC(=O)c3ccc(Br)o3)cn2)CC1. The van der Waals surface area contributed by atoms with Gasteiger partial charge in [-0.05, 0) is 54.0 Å². The van der Waals surface area contributed by atoms with E-state index in [4.69, 9.17) is 9.15 Å². The number of ether oxygens (including phenoxy) is 1. The number of likely N-dealkylation sites (tertiary alicyclic amines) is 1. The summed E-state index contributed by atoms with van der Waals surface area (Å²) in [5, 5.41) is 2.73. The van der Waals surface area contributed by atoms with Crippen molar-refractivity contribution in [2.24, 2.45) is 0 Å². The minimum atomic E-state index is -0.318. The number of rotatable bonds is 4. The van der Waals surface area contributed by atoms with E-state index in [0.29, 0.717) is 16.2 Å². The molecule has 3 heterocycles. The summed E-state index contributed by atoms with van der Waals surface area (Å²) < 4.78 is 11.6. The molecule has 2 aromatic rings. The Balaban J connectivity index is 1.55. The number of pyridine rings is 1. The number of carbonyl (C=O) groups is 1. The summed E-state index contributed by atoms with van der Waals surface area (Å²) in [6.07, 6.45) is 3.80. The Kier molecular flexibility index (Phi) is 4.97. The maximum Gasteiger partial charge on any atom is 0.291 e. The largest absolute Gasteiger partial charge is 0.474 e. The first-order valence-electron chi connectivity index (χ1n) is 7.48. The Bertz CT molecular complexity index is 663. The zero-order chi connectivity index (χ0) is 16.2. The van der Waals surface area contributed by atoms with Crippen molar-refractivity contribution in [3.63, 3.8) is 0 Å². The maximum absolute atomic E-state index is 12.0. The third-order valence-electron chi connectivity index (χ3n) is 3.74. The highest BCUT2D eigenvalue weighted by Gasteiger charge is 2.18. The lowest BCUT2D eigenvalue weighted by molar-refractivity contribution is 0.0995. The van der Waals surface area contributed by atoms with Crippen molar-refractivity contribution in [3.05, 3.63) is 40.9 Å². The number of aromatic nitrogens is 1. The van der Waals surface area contributed by atoms with Gasteiger partial charge in [0.2, 0.25) is 5.88 Å². The van der Waals surface area contributed by atoms with Crippen LogP contribution in [0.3, 0.4) is 0 Å². The van der Waals surface area contributed by atoms with E-state index in [0.717, 1.165) is 25.9 Å². The van der Waals surface area contributed by atoms with Crippen LogP contribution in [0.25, 0.3) is 0 Å². The summed E-state index contributed by atoms with van der Waals surface area (Å²) >= 11 is 3.17. The van der Waals surface area contributed by atoms with Gasteiger partial charge in [0.05, 0.1) is 11.9 Å². The van der Waals surface area contributed by atoms with Gasteiger partial charge in [-0.25, -0.2) is 4.98 Å². The van der Waals surface area contributed by atoms with E-state index in [1.807, 2.05) is 0 Å². The number of amides is 1. The van der Waals surface area contributed by atoms with Gasteiger partial charge in [0.1, 0.15) is 6.10 Å². The molecule has 0 radical (unpaired) electrons. The number of hydrogen-bond acceptors (Lipinski definition) is 5. The molecule has 7 heteroatoms. The van der Waals surface area contributed by atoms with Crippen LogP contribution >= 0.6 is 15.9 Å². The Hall–Kier alpha value is -1.86. The number of hydrogen-bond donors (Lipinski definition) is 1. The number of nitrogens with zero attached hydrogens (tertiary/aromatic N) is 2. The van der Waals surface area contributed by atoms with Gasteiger partial charge in [-0.3, -0.25) is 4.79 Å². The molecule has 1 saturated heterocycles. The van der Waals surface area contributed by atoms with Crippen molar-refractivity contribution in [1.82, 2.24) is 9.88 Å². The van der Waals surface area contributed by atoms with E-state index in [-0.39, 0.29) is 17.8 Å². The van der Waals surface area contributed by atoms with Gasteiger partial charge in [0, 0.05) is 19.2 Å². The second-order valence-electron chi connectivity index (χ2n) is 5.56. The molecule has 0 aromatic carbocycles. The van der Waals surface area contributed by atoms with Crippen LogP contribution in [0, 0.1) is 0 Å². The van der Waals surface area contributed by atoms with Gasteiger partial charge in [-0.15, -0.1) is 0 Å². The quantitative estimate of drug-likeness (QED) is 0.883. The molecule has 1 fully saturated rings. The maximum atomic E-state index is 12.0. The van der Waals surface area contributed by atoms with Crippen LogP contribution in [-0.4, -0.2) is 42.0 Å². The molecule has 0 spiro atoms. The van der Waals surface area contributed by atoms with E-state index in [2.05, 4.69) is 38.2 Å². The topological polar surface area (TPSA) is 67.6 Å². The number of furan rings is 1. The highest BCUT2D eigenvalue weighted by molar-refractivity contribution is 9.10. The molecular formula is C16H18BrN3O3. The lowest BCUT2D eigenvalue weighted by Gasteiger charge is -2.28. The van der Waals surface area contributed by atoms with Gasteiger partial charge < -0.3 is 19.4 Å². The van der Waals surface area contributed by atoms with Crippen molar-refractivity contribution in [2.45, 2.75) is 18.9 Å². The third-order valence-corrected chi connectivity index (χ3v) is 4.17. The Morgan fingerprint density at radius 1 is 1.35 bits per heavy atom. The predicted molar refractivity (Wildman–Crippen MR) is 89.7 cm³/mol. The fraction of sp³-hybridized carbons (Fsp3) is 0.375. The molecule has 1 aliphatic heterocycles. The van der Waals surface area contributed by atoms with E-state index < -0.39 is 0 Å². The summed E-state index contributed by atoms with van der Waals surface area (Å²) in [6, 6.07) is 6.81. The Morgan fingerprint density at radius 2 is 2.13 bits per heavy atom. The molecule has 0 bridgehead atoms. The van der Waals surface area contributed by atoms with Crippen LogP contribution in [-0.2, 0) is 0 Å². The summed E-state index contributed by atoms with van der Waals surface area (Å²) in [5.41, 5.74) is 0.596. The van der Waals surface area contributed by atoms with Crippen molar-refractivity contribution >= 4 is 27.5 Å². The second-order valence-corrected chi connectivity index (χ2v) is 6.35. The van der Waals surface area contributed by atoms with E-state index in [1.165, 1.54) is 0 Å². The molecule has 122 valence electrons. The molecular weight excluding hydrogens is 362 g/mol. The highest BCUT2D eigenvalue weighted by Crippen LogP contribution is 2.19. The van der Waals surface area contributed by atoms with Crippen LogP contribution in [0.1, 0.15) is 23.4 Å². The van der Waals surface area contributed by atoms with Crippen LogP contribution < -0.4 is 10.1 Å². The molecule has 0 atom stereocenters. The Labute approximate surface area is 143 Å². The normalized spacial score (nSPS) is 16.3.